The molecule has 3 atom stereocenters. The second-order valence-corrected chi connectivity index (χ2v) is 3.90. The lowest BCUT2D eigenvalue weighted by molar-refractivity contribution is 0.156. The molecule has 1 fully saturated rings. The van der Waals surface area contributed by atoms with E-state index in [-0.39, 0.29) is 0 Å². The third-order valence-corrected chi connectivity index (χ3v) is 2.13. The second kappa shape index (κ2) is 2.68. The normalized spacial score (nSPS) is 33.4. The number of aliphatic hydroxyl groups is 1. The number of nitrogens with two attached hydrogens (primary N) is 1. The summed E-state index contributed by atoms with van der Waals surface area (Å²) in [5.41, 5.74) is 5.23. The van der Waals surface area contributed by atoms with Crippen LogP contribution in [0.15, 0.2) is 0 Å². The van der Waals surface area contributed by atoms with Gasteiger partial charge in [0, 0.05) is 0 Å². The predicted octanol–water partition coefficient (Wildman–Crippen LogP) is -2.08. The van der Waals surface area contributed by atoms with Crippen LogP contribution in [-0.2, 0) is 14.9 Å². The summed E-state index contributed by atoms with van der Waals surface area (Å²) in [6, 6.07) is -0.861. The molecular weight excluding hydrogens is 174 g/mol. The zero-order chi connectivity index (χ0) is 8.65. The highest BCUT2D eigenvalue weighted by Gasteiger charge is 2.43. The largest absolute Gasteiger partial charge is 0.366 e. The summed E-state index contributed by atoms with van der Waals surface area (Å²) in [4.78, 5) is 0. The maximum atomic E-state index is 10.2. The fourth-order valence-electron chi connectivity index (χ4n) is 0.766. The van der Waals surface area contributed by atoms with Crippen LogP contribution in [0, 0.1) is 0 Å². The van der Waals surface area contributed by atoms with Crippen LogP contribution in [-0.4, -0.2) is 42.3 Å². The summed E-state index contributed by atoms with van der Waals surface area (Å²) in [7, 11) is -4.07. The van der Waals surface area contributed by atoms with Crippen LogP contribution < -0.4 is 5.73 Å². The molecule has 0 saturated carbocycles. The lowest BCUT2D eigenvalue weighted by Gasteiger charge is -2.03. The number of hydrogen-bond donors (Lipinski definition) is 3. The molecule has 6 nitrogen and oxygen atoms in total. The van der Waals surface area contributed by atoms with Gasteiger partial charge in [-0.2, -0.15) is 8.42 Å². The molecule has 4 N–H and O–H groups in total. The Labute approximate surface area is 63.7 Å². The second-order valence-electron chi connectivity index (χ2n) is 2.40. The summed E-state index contributed by atoms with van der Waals surface area (Å²) >= 11 is 0. The van der Waals surface area contributed by atoms with E-state index in [1.165, 1.54) is 0 Å². The highest BCUT2D eigenvalue weighted by molar-refractivity contribution is 7.85. The number of hydrogen-bond acceptors (Lipinski definition) is 5. The van der Waals surface area contributed by atoms with E-state index in [2.05, 4.69) is 4.74 Å². The Morgan fingerprint density at radius 1 is 1.64 bits per heavy atom. The molecule has 1 aliphatic heterocycles. The number of aliphatic hydroxyl groups excluding tert-OH is 1. The van der Waals surface area contributed by atoms with Crippen LogP contribution in [0.2, 0.25) is 0 Å². The Kier molecular flexibility index (Phi) is 2.17. The summed E-state index contributed by atoms with van der Waals surface area (Å²) < 4.78 is 33.2. The van der Waals surface area contributed by atoms with Gasteiger partial charge in [-0.15, -0.1) is 0 Å². The number of rotatable bonds is 3. The van der Waals surface area contributed by atoms with Gasteiger partial charge in [0.15, 0.2) is 6.29 Å². The minimum absolute atomic E-state index is 0.589. The van der Waals surface area contributed by atoms with Crippen LogP contribution in [0.25, 0.3) is 0 Å². The molecule has 0 aromatic rings. The molecule has 0 radical (unpaired) electrons. The summed E-state index contributed by atoms with van der Waals surface area (Å²) in [5, 5.41) is 8.62. The molecule has 66 valence electrons. The predicted molar refractivity (Wildman–Crippen MR) is 35.3 cm³/mol. The highest BCUT2D eigenvalue weighted by Crippen LogP contribution is 2.21. The van der Waals surface area contributed by atoms with Crippen LogP contribution in [0.4, 0.5) is 0 Å². The number of epoxide rings is 1. The van der Waals surface area contributed by atoms with E-state index in [1.54, 1.807) is 0 Å². The van der Waals surface area contributed by atoms with Gasteiger partial charge >= 0.3 is 0 Å². The van der Waals surface area contributed by atoms with E-state index < -0.39 is 34.3 Å². The molecule has 0 aromatic heterocycles. The van der Waals surface area contributed by atoms with Gasteiger partial charge in [-0.05, 0) is 0 Å². The van der Waals surface area contributed by atoms with E-state index in [4.69, 9.17) is 15.4 Å². The van der Waals surface area contributed by atoms with Crippen molar-refractivity contribution in [2.45, 2.75) is 18.4 Å². The maximum absolute atomic E-state index is 10.2. The third kappa shape index (κ3) is 2.72. The van der Waals surface area contributed by atoms with Gasteiger partial charge in [-0.1, -0.05) is 0 Å². The van der Waals surface area contributed by atoms with E-state index in [1.807, 2.05) is 0 Å². The summed E-state index contributed by atoms with van der Waals surface area (Å²) in [6.07, 6.45) is -1.64. The first-order valence-corrected chi connectivity index (χ1v) is 4.55. The smallest absolute Gasteiger partial charge is 0.266 e. The monoisotopic (exact) mass is 183 g/mol. The van der Waals surface area contributed by atoms with Crippen molar-refractivity contribution >= 4 is 10.1 Å². The molecule has 0 aromatic carbocycles. The van der Waals surface area contributed by atoms with Gasteiger partial charge in [-0.3, -0.25) is 4.55 Å². The minimum Gasteiger partial charge on any atom is -0.366 e. The van der Waals surface area contributed by atoms with Gasteiger partial charge in [0.25, 0.3) is 10.1 Å². The SMILES string of the molecule is NC(CS(=O)(=O)O)C1OC1O. The lowest BCUT2D eigenvalue weighted by atomic mass is 10.3. The topological polar surface area (TPSA) is 113 Å². The molecule has 1 rings (SSSR count). The first-order valence-electron chi connectivity index (χ1n) is 2.94. The average Bonchev–Trinajstić information content (AvgIpc) is 2.41. The third-order valence-electron chi connectivity index (χ3n) is 1.33. The first-order chi connectivity index (χ1) is 4.90. The van der Waals surface area contributed by atoms with E-state index >= 15 is 0 Å². The molecule has 0 bridgehead atoms. The average molecular weight is 183 g/mol. The fourth-order valence-corrected chi connectivity index (χ4v) is 1.44. The molecular formula is C4H9NO5S. The van der Waals surface area contributed by atoms with Crippen molar-refractivity contribution in [2.75, 3.05) is 5.75 Å². The number of ether oxygens (including phenoxy) is 1. The standard InChI is InChI=1S/C4H9NO5S/c5-2(1-11(7,8)9)3-4(6)10-3/h2-4,6H,1,5H2,(H,7,8,9). The Bertz CT molecular complexity index is 237. The summed E-state index contributed by atoms with van der Waals surface area (Å²) in [6.45, 7) is 0. The van der Waals surface area contributed by atoms with Crippen LogP contribution in [0.1, 0.15) is 0 Å². The first kappa shape index (κ1) is 8.88. The molecule has 0 spiro atoms. The molecule has 1 heterocycles. The highest BCUT2D eigenvalue weighted by atomic mass is 32.2. The van der Waals surface area contributed by atoms with Crippen molar-refractivity contribution < 1.29 is 22.8 Å². The quantitative estimate of drug-likeness (QED) is 0.342. The van der Waals surface area contributed by atoms with E-state index in [0.717, 1.165) is 0 Å². The Hall–Kier alpha value is -0.210. The van der Waals surface area contributed by atoms with Crippen molar-refractivity contribution in [3.8, 4) is 0 Å². The zero-order valence-corrected chi connectivity index (χ0v) is 6.36. The van der Waals surface area contributed by atoms with Crippen LogP contribution in [0.5, 0.6) is 0 Å². The Morgan fingerprint density at radius 2 is 2.09 bits per heavy atom. The van der Waals surface area contributed by atoms with Crippen molar-refractivity contribution in [1.82, 2.24) is 0 Å². The van der Waals surface area contributed by atoms with Crippen LogP contribution >= 0.6 is 0 Å². The minimum atomic E-state index is -4.07. The molecule has 1 aliphatic rings. The lowest BCUT2D eigenvalue weighted by Crippen LogP contribution is -2.35. The van der Waals surface area contributed by atoms with Crippen molar-refractivity contribution in [1.29, 1.82) is 0 Å². The van der Waals surface area contributed by atoms with Crippen molar-refractivity contribution in [2.24, 2.45) is 5.73 Å². The van der Waals surface area contributed by atoms with Gasteiger partial charge < -0.3 is 15.6 Å². The summed E-state index contributed by atoms with van der Waals surface area (Å²) in [5.74, 6) is -0.589. The molecule has 0 amide bonds. The van der Waals surface area contributed by atoms with E-state index in [0.29, 0.717) is 0 Å². The molecule has 0 aliphatic carbocycles. The molecule has 7 heteroatoms. The van der Waals surface area contributed by atoms with Gasteiger partial charge in [-0.25, -0.2) is 0 Å². The molecule has 11 heavy (non-hydrogen) atoms. The van der Waals surface area contributed by atoms with Gasteiger partial charge in [0.1, 0.15) is 6.10 Å². The van der Waals surface area contributed by atoms with Crippen molar-refractivity contribution in [3.63, 3.8) is 0 Å². The fraction of sp³-hybridized carbons (Fsp3) is 1.00. The van der Waals surface area contributed by atoms with Crippen LogP contribution in [0.3, 0.4) is 0 Å². The molecule has 3 unspecified atom stereocenters. The van der Waals surface area contributed by atoms with E-state index in [9.17, 15) is 8.42 Å². The zero-order valence-electron chi connectivity index (χ0n) is 5.54. The Morgan fingerprint density at radius 3 is 2.36 bits per heavy atom. The maximum Gasteiger partial charge on any atom is 0.266 e. The Balaban J connectivity index is 2.39. The molecule has 1 saturated heterocycles. The van der Waals surface area contributed by atoms with Gasteiger partial charge in [0.05, 0.1) is 11.8 Å². The van der Waals surface area contributed by atoms with Crippen molar-refractivity contribution in [3.05, 3.63) is 0 Å². The van der Waals surface area contributed by atoms with Gasteiger partial charge in [0.2, 0.25) is 0 Å².